The molecule has 0 radical (unpaired) electrons. The molecule has 3 rings (SSSR count). The molecular formula is C21H20F4N4. The summed E-state index contributed by atoms with van der Waals surface area (Å²) in [5.74, 6) is -0.744. The highest BCUT2D eigenvalue weighted by Gasteiger charge is 2.39. The Morgan fingerprint density at radius 3 is 2.48 bits per heavy atom. The van der Waals surface area contributed by atoms with Gasteiger partial charge in [-0.15, -0.1) is 0 Å². The van der Waals surface area contributed by atoms with Crippen molar-refractivity contribution in [3.63, 3.8) is 0 Å². The highest BCUT2D eigenvalue weighted by molar-refractivity contribution is 5.89. The number of rotatable bonds is 3. The SMILES string of the molecule is CC(C)(C)Cn1cc(C(N)C(F)(F)F)c2cc(F)c(-c3cccnc3C#N)cc21. The first kappa shape index (κ1) is 20.8. The van der Waals surface area contributed by atoms with Gasteiger partial charge in [0.1, 0.15) is 23.6 Å². The van der Waals surface area contributed by atoms with Gasteiger partial charge in [0.2, 0.25) is 0 Å². The summed E-state index contributed by atoms with van der Waals surface area (Å²) >= 11 is 0. The van der Waals surface area contributed by atoms with Gasteiger partial charge in [0.15, 0.2) is 0 Å². The summed E-state index contributed by atoms with van der Waals surface area (Å²) in [6.07, 6.45) is -1.90. The van der Waals surface area contributed by atoms with E-state index in [-0.39, 0.29) is 33.2 Å². The van der Waals surface area contributed by atoms with E-state index in [4.69, 9.17) is 5.73 Å². The number of hydrogen-bond acceptors (Lipinski definition) is 3. The van der Waals surface area contributed by atoms with Crippen LogP contribution < -0.4 is 5.73 Å². The predicted octanol–water partition coefficient (Wildman–Crippen LogP) is 5.32. The number of pyridine rings is 1. The topological polar surface area (TPSA) is 67.6 Å². The highest BCUT2D eigenvalue weighted by Crippen LogP contribution is 2.39. The summed E-state index contributed by atoms with van der Waals surface area (Å²) in [5.41, 5.74) is 5.84. The van der Waals surface area contributed by atoms with Crippen molar-refractivity contribution >= 4 is 10.9 Å². The van der Waals surface area contributed by atoms with Crippen LogP contribution in [0, 0.1) is 22.6 Å². The van der Waals surface area contributed by atoms with E-state index >= 15 is 0 Å². The van der Waals surface area contributed by atoms with Gasteiger partial charge in [-0.1, -0.05) is 20.8 Å². The van der Waals surface area contributed by atoms with E-state index in [2.05, 4.69) is 4.98 Å². The summed E-state index contributed by atoms with van der Waals surface area (Å²) in [6, 6.07) is 5.31. The second-order valence-corrected chi connectivity index (χ2v) is 8.15. The van der Waals surface area contributed by atoms with E-state index < -0.39 is 18.0 Å². The Morgan fingerprint density at radius 1 is 1.21 bits per heavy atom. The Bertz CT molecular complexity index is 1100. The van der Waals surface area contributed by atoms with Crippen molar-refractivity contribution in [2.24, 2.45) is 11.1 Å². The molecule has 1 aromatic carbocycles. The Balaban J connectivity index is 2.31. The maximum absolute atomic E-state index is 14.9. The number of nitrogens with two attached hydrogens (primary N) is 1. The Labute approximate surface area is 165 Å². The lowest BCUT2D eigenvalue weighted by Gasteiger charge is -2.20. The van der Waals surface area contributed by atoms with Crippen LogP contribution in [0.2, 0.25) is 0 Å². The van der Waals surface area contributed by atoms with Crippen LogP contribution in [-0.4, -0.2) is 15.7 Å². The van der Waals surface area contributed by atoms with Crippen LogP contribution in [0.4, 0.5) is 17.6 Å². The number of benzene rings is 1. The van der Waals surface area contributed by atoms with E-state index in [1.807, 2.05) is 26.8 Å². The fourth-order valence-corrected chi connectivity index (χ4v) is 3.32. The van der Waals surface area contributed by atoms with E-state index in [0.717, 1.165) is 6.07 Å². The number of halogens is 4. The molecule has 2 heterocycles. The zero-order chi connectivity index (χ0) is 21.6. The van der Waals surface area contributed by atoms with Gasteiger partial charge in [0.05, 0.1) is 0 Å². The van der Waals surface area contributed by atoms with Gasteiger partial charge in [0, 0.05) is 46.5 Å². The molecule has 0 aliphatic heterocycles. The predicted molar refractivity (Wildman–Crippen MR) is 102 cm³/mol. The van der Waals surface area contributed by atoms with E-state index in [1.54, 1.807) is 16.7 Å². The molecule has 3 aromatic rings. The third kappa shape index (κ3) is 4.10. The second-order valence-electron chi connectivity index (χ2n) is 8.15. The average Bonchev–Trinajstić information content (AvgIpc) is 2.95. The molecule has 1 unspecified atom stereocenters. The fraction of sp³-hybridized carbons (Fsp3) is 0.333. The minimum atomic E-state index is -4.66. The lowest BCUT2D eigenvalue weighted by atomic mass is 9.96. The van der Waals surface area contributed by atoms with Crippen LogP contribution in [0.3, 0.4) is 0 Å². The molecule has 2 N–H and O–H groups in total. The van der Waals surface area contributed by atoms with Crippen molar-refractivity contribution in [1.82, 2.24) is 9.55 Å². The monoisotopic (exact) mass is 404 g/mol. The van der Waals surface area contributed by atoms with Gasteiger partial charge in [-0.05, 0) is 29.7 Å². The van der Waals surface area contributed by atoms with Gasteiger partial charge >= 0.3 is 6.18 Å². The van der Waals surface area contributed by atoms with Gasteiger partial charge < -0.3 is 10.3 Å². The number of nitrogens with zero attached hydrogens (tertiary/aromatic N) is 3. The number of alkyl halides is 3. The first-order chi connectivity index (χ1) is 13.4. The Hall–Kier alpha value is -2.92. The minimum Gasteiger partial charge on any atom is -0.347 e. The largest absolute Gasteiger partial charge is 0.407 e. The van der Waals surface area contributed by atoms with Gasteiger partial charge in [0.25, 0.3) is 0 Å². The fourth-order valence-electron chi connectivity index (χ4n) is 3.32. The lowest BCUT2D eigenvalue weighted by molar-refractivity contribution is -0.148. The molecule has 0 fully saturated rings. The van der Waals surface area contributed by atoms with Crippen LogP contribution in [0.25, 0.3) is 22.0 Å². The molecule has 0 bridgehead atoms. The molecule has 0 amide bonds. The molecule has 0 aliphatic carbocycles. The maximum Gasteiger partial charge on any atom is 0.407 e. The maximum atomic E-state index is 14.9. The summed E-state index contributed by atoms with van der Waals surface area (Å²) in [5, 5.41) is 9.38. The van der Waals surface area contributed by atoms with Crippen molar-refractivity contribution < 1.29 is 17.6 Å². The van der Waals surface area contributed by atoms with Gasteiger partial charge in [-0.2, -0.15) is 18.4 Å². The number of aromatic nitrogens is 2. The minimum absolute atomic E-state index is 0.0342. The molecule has 0 spiro atoms. The van der Waals surface area contributed by atoms with Crippen molar-refractivity contribution in [3.8, 4) is 17.2 Å². The van der Waals surface area contributed by atoms with Crippen LogP contribution in [0.5, 0.6) is 0 Å². The molecule has 0 saturated heterocycles. The van der Waals surface area contributed by atoms with Gasteiger partial charge in [-0.25, -0.2) is 9.37 Å². The molecule has 0 saturated carbocycles. The zero-order valence-corrected chi connectivity index (χ0v) is 16.2. The van der Waals surface area contributed by atoms with Crippen molar-refractivity contribution in [3.05, 3.63) is 53.7 Å². The standard InChI is InChI=1S/C21H20F4N4/c1-20(2,3)11-29-10-15(19(27)21(23,24)25)14-7-16(22)13(8-18(14)29)12-5-4-6-28-17(12)9-26/h4-8,10,19H,11,27H2,1-3H3. The van der Waals surface area contributed by atoms with Crippen molar-refractivity contribution in [1.29, 1.82) is 5.26 Å². The summed E-state index contributed by atoms with van der Waals surface area (Å²) < 4.78 is 56.4. The third-order valence-electron chi connectivity index (χ3n) is 4.54. The number of fused-ring (bicyclic) bond motifs is 1. The van der Waals surface area contributed by atoms with E-state index in [0.29, 0.717) is 12.1 Å². The van der Waals surface area contributed by atoms with E-state index in [1.165, 1.54) is 18.5 Å². The van der Waals surface area contributed by atoms with Gasteiger partial charge in [-0.3, -0.25) is 0 Å². The lowest BCUT2D eigenvalue weighted by Crippen LogP contribution is -2.28. The smallest absolute Gasteiger partial charge is 0.347 e. The molecule has 0 aliphatic rings. The second kappa shape index (κ2) is 7.16. The molecular weight excluding hydrogens is 384 g/mol. The van der Waals surface area contributed by atoms with Crippen LogP contribution in [-0.2, 0) is 6.54 Å². The van der Waals surface area contributed by atoms with Crippen molar-refractivity contribution in [2.75, 3.05) is 0 Å². The molecule has 152 valence electrons. The first-order valence-corrected chi connectivity index (χ1v) is 8.92. The number of hydrogen-bond donors (Lipinski definition) is 1. The van der Waals surface area contributed by atoms with Crippen LogP contribution in [0.15, 0.2) is 36.7 Å². The quantitative estimate of drug-likeness (QED) is 0.601. The molecule has 29 heavy (non-hydrogen) atoms. The first-order valence-electron chi connectivity index (χ1n) is 8.92. The molecule has 4 nitrogen and oxygen atoms in total. The molecule has 1 atom stereocenters. The van der Waals surface area contributed by atoms with Crippen molar-refractivity contribution in [2.45, 2.75) is 39.5 Å². The Morgan fingerprint density at radius 2 is 1.90 bits per heavy atom. The third-order valence-corrected chi connectivity index (χ3v) is 4.54. The highest BCUT2D eigenvalue weighted by atomic mass is 19.4. The van der Waals surface area contributed by atoms with Crippen LogP contribution >= 0.6 is 0 Å². The molecule has 2 aromatic heterocycles. The summed E-state index contributed by atoms with van der Waals surface area (Å²) in [4.78, 5) is 3.94. The average molecular weight is 404 g/mol. The zero-order valence-electron chi connectivity index (χ0n) is 16.2. The summed E-state index contributed by atoms with van der Waals surface area (Å²) in [7, 11) is 0. The molecule has 8 heteroatoms. The Kier molecular flexibility index (Phi) is 5.13. The normalized spacial score (nSPS) is 13.5. The number of nitriles is 1. The van der Waals surface area contributed by atoms with E-state index in [9.17, 15) is 22.8 Å². The summed E-state index contributed by atoms with van der Waals surface area (Å²) in [6.45, 7) is 6.24. The van der Waals surface area contributed by atoms with Crippen LogP contribution in [0.1, 0.15) is 38.1 Å².